The summed E-state index contributed by atoms with van der Waals surface area (Å²) < 4.78 is 0. The first-order valence-corrected chi connectivity index (χ1v) is 6.86. The van der Waals surface area contributed by atoms with Crippen LogP contribution in [-0.2, 0) is 5.41 Å². The van der Waals surface area contributed by atoms with Gasteiger partial charge in [-0.15, -0.1) is 0 Å². The van der Waals surface area contributed by atoms with E-state index < -0.39 is 0 Å². The van der Waals surface area contributed by atoms with Gasteiger partial charge in [0.25, 0.3) is 0 Å². The minimum absolute atomic E-state index is 0.206. The van der Waals surface area contributed by atoms with Crippen LogP contribution < -0.4 is 5.73 Å². The largest absolute Gasteiger partial charge is 0.402 e. The third-order valence-electron chi connectivity index (χ3n) is 4.24. The first kappa shape index (κ1) is 12.0. The Labute approximate surface area is 114 Å². The number of benzene rings is 2. The smallest absolute Gasteiger partial charge is 0.0602 e. The minimum atomic E-state index is -0.206. The minimum Gasteiger partial charge on any atom is -0.402 e. The Morgan fingerprint density at radius 3 is 1.89 bits per heavy atom. The van der Waals surface area contributed by atoms with E-state index in [0.29, 0.717) is 0 Å². The van der Waals surface area contributed by atoms with Crippen LogP contribution >= 0.6 is 0 Å². The van der Waals surface area contributed by atoms with Crippen LogP contribution in [0.5, 0.6) is 0 Å². The summed E-state index contributed by atoms with van der Waals surface area (Å²) in [6.45, 7) is 6.31. The van der Waals surface area contributed by atoms with E-state index in [1.807, 2.05) is 0 Å². The van der Waals surface area contributed by atoms with Crippen LogP contribution in [0.15, 0.2) is 60.8 Å². The van der Waals surface area contributed by atoms with Gasteiger partial charge in [-0.1, -0.05) is 68.5 Å². The van der Waals surface area contributed by atoms with E-state index in [9.17, 15) is 0 Å². The Morgan fingerprint density at radius 2 is 1.47 bits per heavy atom. The fourth-order valence-electron chi connectivity index (χ4n) is 3.48. The Hall–Kier alpha value is -2.02. The average molecular weight is 249 g/mol. The van der Waals surface area contributed by atoms with Gasteiger partial charge in [-0.2, -0.15) is 0 Å². The molecule has 0 unspecified atom stereocenters. The second kappa shape index (κ2) is 4.27. The molecule has 2 N–H and O–H groups in total. The van der Waals surface area contributed by atoms with Crippen molar-refractivity contribution < 1.29 is 0 Å². The third kappa shape index (κ3) is 1.48. The molecule has 1 aliphatic rings. The molecule has 0 amide bonds. The molecule has 2 aromatic rings. The highest BCUT2D eigenvalue weighted by atomic mass is 14.7. The maximum atomic E-state index is 6.25. The number of hydrogen-bond donors (Lipinski definition) is 1. The fourth-order valence-corrected chi connectivity index (χ4v) is 3.48. The monoisotopic (exact) mass is 249 g/mol. The van der Waals surface area contributed by atoms with Crippen molar-refractivity contribution in [3.8, 4) is 11.1 Å². The van der Waals surface area contributed by atoms with Crippen molar-refractivity contribution in [3.05, 3.63) is 71.9 Å². The van der Waals surface area contributed by atoms with Gasteiger partial charge >= 0.3 is 0 Å². The number of allylic oxidation sites excluding steroid dienone is 1. The van der Waals surface area contributed by atoms with E-state index in [1.165, 1.54) is 22.3 Å². The summed E-state index contributed by atoms with van der Waals surface area (Å²) in [6.07, 6.45) is 2.09. The zero-order chi connectivity index (χ0) is 13.5. The summed E-state index contributed by atoms with van der Waals surface area (Å²) in [5.74, 6) is 0. The zero-order valence-corrected chi connectivity index (χ0v) is 11.3. The third-order valence-corrected chi connectivity index (χ3v) is 4.24. The van der Waals surface area contributed by atoms with E-state index in [0.717, 1.165) is 18.5 Å². The number of nitrogens with two attached hydrogens (primary N) is 1. The van der Waals surface area contributed by atoms with Crippen LogP contribution in [0, 0.1) is 0 Å². The van der Waals surface area contributed by atoms with E-state index in [2.05, 4.69) is 62.0 Å². The normalized spacial score (nSPS) is 14.8. The topological polar surface area (TPSA) is 26.0 Å². The quantitative estimate of drug-likeness (QED) is 0.865. The molecule has 1 aliphatic carbocycles. The molecule has 0 fully saturated rings. The Balaban J connectivity index is 2.38. The molecule has 0 atom stereocenters. The molecule has 0 aliphatic heterocycles. The standard InChI is InChI=1S/C18H19N/c1-3-12-18(13(2)19)16-10-6-4-8-14(16)15-9-5-7-11-17(15)18/h4-11H,2-3,12,19H2,1H3. The maximum Gasteiger partial charge on any atom is 0.0602 e. The van der Waals surface area contributed by atoms with Gasteiger partial charge in [0.1, 0.15) is 0 Å². The van der Waals surface area contributed by atoms with Gasteiger partial charge in [0.05, 0.1) is 5.41 Å². The van der Waals surface area contributed by atoms with Crippen LogP contribution in [-0.4, -0.2) is 0 Å². The first-order chi connectivity index (χ1) is 9.21. The van der Waals surface area contributed by atoms with Gasteiger partial charge in [-0.25, -0.2) is 0 Å². The van der Waals surface area contributed by atoms with Crippen LogP contribution in [0.25, 0.3) is 11.1 Å². The van der Waals surface area contributed by atoms with Crippen molar-refractivity contribution >= 4 is 0 Å². The summed E-state index contributed by atoms with van der Waals surface area (Å²) in [5, 5.41) is 0. The van der Waals surface area contributed by atoms with E-state index in [-0.39, 0.29) is 5.41 Å². The molecule has 96 valence electrons. The van der Waals surface area contributed by atoms with Crippen molar-refractivity contribution in [2.24, 2.45) is 5.73 Å². The molecule has 2 aromatic carbocycles. The highest BCUT2D eigenvalue weighted by Crippen LogP contribution is 2.53. The summed E-state index contributed by atoms with van der Waals surface area (Å²) in [6, 6.07) is 17.2. The van der Waals surface area contributed by atoms with E-state index >= 15 is 0 Å². The van der Waals surface area contributed by atoms with Crippen LogP contribution in [0.3, 0.4) is 0 Å². The van der Waals surface area contributed by atoms with E-state index in [4.69, 9.17) is 5.73 Å². The van der Waals surface area contributed by atoms with Gasteiger partial charge in [0, 0.05) is 5.70 Å². The molecule has 19 heavy (non-hydrogen) atoms. The molecular weight excluding hydrogens is 230 g/mol. The van der Waals surface area contributed by atoms with Gasteiger partial charge in [0.2, 0.25) is 0 Å². The summed E-state index contributed by atoms with van der Waals surface area (Å²) in [7, 11) is 0. The summed E-state index contributed by atoms with van der Waals surface area (Å²) in [5.41, 5.74) is 12.0. The predicted octanol–water partition coefficient (Wildman–Crippen LogP) is 4.23. The Kier molecular flexibility index (Phi) is 2.70. The SMILES string of the molecule is C=C(N)C1(CCC)c2ccccc2-c2ccccc21. The Bertz CT molecular complexity index is 594. The van der Waals surface area contributed by atoms with Crippen LogP contribution in [0.1, 0.15) is 30.9 Å². The van der Waals surface area contributed by atoms with Gasteiger partial charge in [0.15, 0.2) is 0 Å². The lowest BCUT2D eigenvalue weighted by molar-refractivity contribution is 0.547. The zero-order valence-electron chi connectivity index (χ0n) is 11.3. The number of rotatable bonds is 3. The second-order valence-electron chi connectivity index (χ2n) is 5.27. The highest BCUT2D eigenvalue weighted by Gasteiger charge is 2.43. The second-order valence-corrected chi connectivity index (χ2v) is 5.27. The predicted molar refractivity (Wildman–Crippen MR) is 80.9 cm³/mol. The highest BCUT2D eigenvalue weighted by molar-refractivity contribution is 5.82. The summed E-state index contributed by atoms with van der Waals surface area (Å²) in [4.78, 5) is 0. The molecule has 1 nitrogen and oxygen atoms in total. The van der Waals surface area contributed by atoms with E-state index in [1.54, 1.807) is 0 Å². The van der Waals surface area contributed by atoms with Crippen LogP contribution in [0.4, 0.5) is 0 Å². The van der Waals surface area contributed by atoms with Crippen LogP contribution in [0.2, 0.25) is 0 Å². The molecule has 0 spiro atoms. The first-order valence-electron chi connectivity index (χ1n) is 6.86. The van der Waals surface area contributed by atoms with Gasteiger partial charge in [-0.3, -0.25) is 0 Å². The van der Waals surface area contributed by atoms with Gasteiger partial charge in [-0.05, 0) is 28.7 Å². The van der Waals surface area contributed by atoms with Crippen molar-refractivity contribution in [1.82, 2.24) is 0 Å². The molecule has 0 heterocycles. The maximum absolute atomic E-state index is 6.25. The molecular formula is C18H19N. The molecule has 0 aromatic heterocycles. The molecule has 3 rings (SSSR count). The lowest BCUT2D eigenvalue weighted by atomic mass is 9.72. The lowest BCUT2D eigenvalue weighted by Crippen LogP contribution is -2.31. The summed E-state index contributed by atoms with van der Waals surface area (Å²) >= 11 is 0. The van der Waals surface area contributed by atoms with Crippen molar-refractivity contribution in [2.75, 3.05) is 0 Å². The fraction of sp³-hybridized carbons (Fsp3) is 0.222. The average Bonchev–Trinajstić information content (AvgIpc) is 2.72. The molecule has 0 radical (unpaired) electrons. The van der Waals surface area contributed by atoms with Crippen molar-refractivity contribution in [2.45, 2.75) is 25.2 Å². The molecule has 0 saturated heterocycles. The lowest BCUT2D eigenvalue weighted by Gasteiger charge is -2.32. The Morgan fingerprint density at radius 1 is 1.00 bits per heavy atom. The molecule has 0 bridgehead atoms. The number of fused-ring (bicyclic) bond motifs is 3. The van der Waals surface area contributed by atoms with Crippen molar-refractivity contribution in [3.63, 3.8) is 0 Å². The molecule has 1 heteroatoms. The van der Waals surface area contributed by atoms with Gasteiger partial charge < -0.3 is 5.73 Å². The van der Waals surface area contributed by atoms with Crippen molar-refractivity contribution in [1.29, 1.82) is 0 Å². The molecule has 0 saturated carbocycles. The number of hydrogen-bond acceptors (Lipinski definition) is 1.